The molecule has 0 radical (unpaired) electrons. The number of unbranched alkanes of at least 4 members (excludes halogenated alkanes) is 4. The molecule has 0 aliphatic heterocycles. The maximum atomic E-state index is 10.6. The average Bonchev–Trinajstić information content (AvgIpc) is 3.05. The van der Waals surface area contributed by atoms with Crippen molar-refractivity contribution in [1.29, 1.82) is 0 Å². The van der Waals surface area contributed by atoms with Crippen LogP contribution in [0.3, 0.4) is 0 Å². The highest BCUT2D eigenvalue weighted by molar-refractivity contribution is 5.87. The van der Waals surface area contributed by atoms with Gasteiger partial charge in [0, 0.05) is 0 Å². The highest BCUT2D eigenvalue weighted by atomic mass is 16.6. The first-order chi connectivity index (χ1) is 13.4. The summed E-state index contributed by atoms with van der Waals surface area (Å²) in [5, 5.41) is 23.6. The maximum absolute atomic E-state index is 10.6. The Bertz CT molecular complexity index is 477. The highest BCUT2D eigenvalue weighted by Crippen LogP contribution is 2.16. The third-order valence-electron chi connectivity index (χ3n) is 4.91. The van der Waals surface area contributed by atoms with Gasteiger partial charge >= 0.3 is 11.7 Å². The van der Waals surface area contributed by atoms with Gasteiger partial charge in [-0.05, 0) is 30.5 Å². The van der Waals surface area contributed by atoms with E-state index in [4.69, 9.17) is 0 Å². The Labute approximate surface area is 169 Å². The zero-order chi connectivity index (χ0) is 21.4. The van der Waals surface area contributed by atoms with Crippen molar-refractivity contribution >= 4 is 5.97 Å². The predicted molar refractivity (Wildman–Crippen MR) is 106 cm³/mol. The summed E-state index contributed by atoms with van der Waals surface area (Å²) in [5.74, 6) is -2.17. The maximum Gasteiger partial charge on any atom is 0.409 e. The molecule has 0 spiro atoms. The summed E-state index contributed by atoms with van der Waals surface area (Å²) in [6.45, 7) is 15.0. The van der Waals surface area contributed by atoms with Crippen LogP contribution < -0.4 is 9.95 Å². The van der Waals surface area contributed by atoms with Crippen molar-refractivity contribution in [1.82, 2.24) is 5.27 Å². The number of esters is 1. The summed E-state index contributed by atoms with van der Waals surface area (Å²) in [4.78, 5) is 10.3. The monoisotopic (exact) mass is 401 g/mol. The first-order valence-electron chi connectivity index (χ1n) is 10.6. The average molecular weight is 402 g/mol. The molecular weight excluding hydrogens is 362 g/mol. The fourth-order valence-electron chi connectivity index (χ4n) is 3.14. The number of ether oxygens (including phenoxy) is 1. The lowest BCUT2D eigenvalue weighted by Gasteiger charge is -2.39. The van der Waals surface area contributed by atoms with Gasteiger partial charge in [0.25, 0.3) is 0 Å². The summed E-state index contributed by atoms with van der Waals surface area (Å²) in [7, 11) is 1.04. The number of quaternary nitrogens is 1. The second kappa shape index (κ2) is 15.1. The molecule has 0 saturated heterocycles. The van der Waals surface area contributed by atoms with E-state index in [0.717, 1.165) is 7.11 Å². The van der Waals surface area contributed by atoms with Crippen molar-refractivity contribution in [2.24, 2.45) is 0 Å². The summed E-state index contributed by atoms with van der Waals surface area (Å²) in [6.07, 6.45) is 11.1. The van der Waals surface area contributed by atoms with Crippen LogP contribution in [0.1, 0.15) is 89.5 Å². The van der Waals surface area contributed by atoms with Crippen LogP contribution in [0.4, 0.5) is 0 Å². The van der Waals surface area contributed by atoms with Gasteiger partial charge in [0.1, 0.15) is 0 Å². The quantitative estimate of drug-likeness (QED) is 0.218. The van der Waals surface area contributed by atoms with Crippen molar-refractivity contribution in [2.45, 2.75) is 79.1 Å². The standard InChI is InChI=1S/C16H36N.C4H4N2O5/c1-5-9-13-17(14-10-6-2,15-11-7-3)16-12-8-4;1-10-3(7)2-4(8)11-5-6(2)9/h5-16H2,1-4H3;8H,1H3/q+1;/p-1. The molecule has 0 N–H and O–H groups in total. The van der Waals surface area contributed by atoms with E-state index >= 15 is 0 Å². The van der Waals surface area contributed by atoms with Gasteiger partial charge in [-0.3, -0.25) is 0 Å². The second-order valence-corrected chi connectivity index (χ2v) is 7.22. The van der Waals surface area contributed by atoms with Crippen molar-refractivity contribution in [3.63, 3.8) is 0 Å². The second-order valence-electron chi connectivity index (χ2n) is 7.22. The molecule has 1 aromatic heterocycles. The summed E-state index contributed by atoms with van der Waals surface area (Å²) >= 11 is 0. The molecular formula is C20H39N3O5. The van der Waals surface area contributed by atoms with Gasteiger partial charge in [0.05, 0.1) is 38.6 Å². The topological polar surface area (TPSA) is 102 Å². The lowest BCUT2D eigenvalue weighted by Crippen LogP contribution is -2.50. The molecule has 0 aliphatic carbocycles. The molecule has 0 atom stereocenters. The van der Waals surface area contributed by atoms with Crippen molar-refractivity contribution in [2.75, 3.05) is 33.3 Å². The number of rotatable bonds is 13. The van der Waals surface area contributed by atoms with Gasteiger partial charge in [0.15, 0.2) is 5.95 Å². The van der Waals surface area contributed by atoms with Gasteiger partial charge in [0.2, 0.25) is 0 Å². The number of methoxy groups -OCH3 is 1. The number of carbonyl (C=O) groups excluding carboxylic acids is 1. The Kier molecular flexibility index (Phi) is 14.1. The van der Waals surface area contributed by atoms with Gasteiger partial charge in [-0.15, -0.1) is 0 Å². The van der Waals surface area contributed by atoms with Crippen LogP contribution in [-0.4, -0.2) is 49.0 Å². The van der Waals surface area contributed by atoms with Crippen LogP contribution >= 0.6 is 0 Å². The summed E-state index contributed by atoms with van der Waals surface area (Å²) in [6, 6.07) is 0. The largest absolute Gasteiger partial charge is 0.593 e. The van der Waals surface area contributed by atoms with Crippen LogP contribution in [0.2, 0.25) is 0 Å². The zero-order valence-electron chi connectivity index (χ0n) is 18.4. The Hall–Kier alpha value is -1.83. The van der Waals surface area contributed by atoms with E-state index in [1.165, 1.54) is 82.0 Å². The molecule has 0 aromatic carbocycles. The van der Waals surface area contributed by atoms with Crippen LogP contribution in [-0.2, 0) is 4.74 Å². The van der Waals surface area contributed by atoms with Crippen LogP contribution in [0, 0.1) is 5.21 Å². The molecule has 0 aliphatic rings. The van der Waals surface area contributed by atoms with Crippen LogP contribution in [0.5, 0.6) is 5.95 Å². The molecule has 1 aromatic rings. The minimum absolute atomic E-state index is 0.228. The zero-order valence-corrected chi connectivity index (χ0v) is 18.4. The Balaban J connectivity index is 0.000000567. The van der Waals surface area contributed by atoms with Crippen molar-refractivity contribution in [3.8, 4) is 5.95 Å². The molecule has 28 heavy (non-hydrogen) atoms. The molecule has 0 bridgehead atoms. The lowest BCUT2D eigenvalue weighted by atomic mass is 10.1. The van der Waals surface area contributed by atoms with E-state index < -0.39 is 17.6 Å². The Morgan fingerprint density at radius 1 is 0.964 bits per heavy atom. The normalized spacial score (nSPS) is 11.0. The SMILES string of the molecule is CCCC[N+](CCCC)(CCCC)CCCC.COC(=O)c1c([O-])on[n+]1[O-]. The first-order valence-corrected chi connectivity index (χ1v) is 10.6. The van der Waals surface area contributed by atoms with Gasteiger partial charge in [-0.25, -0.2) is 4.79 Å². The number of aromatic nitrogens is 2. The fraction of sp³-hybridized carbons (Fsp3) is 0.850. The third kappa shape index (κ3) is 9.39. The number of nitrogens with zero attached hydrogens (tertiary/aromatic N) is 3. The van der Waals surface area contributed by atoms with Gasteiger partial charge in [-0.2, -0.15) is 0 Å². The highest BCUT2D eigenvalue weighted by Gasteiger charge is 2.24. The molecule has 8 nitrogen and oxygen atoms in total. The molecule has 0 amide bonds. The molecule has 0 saturated carbocycles. The fourth-order valence-corrected chi connectivity index (χ4v) is 3.14. The van der Waals surface area contributed by atoms with E-state index in [0.29, 0.717) is 0 Å². The first kappa shape index (κ1) is 26.2. The molecule has 1 rings (SSSR count). The van der Waals surface area contributed by atoms with E-state index in [1.54, 1.807) is 0 Å². The number of carbonyl (C=O) groups is 1. The van der Waals surface area contributed by atoms with E-state index in [-0.39, 0.29) is 4.85 Å². The molecule has 1 heterocycles. The van der Waals surface area contributed by atoms with Gasteiger partial charge in [-0.1, -0.05) is 53.4 Å². The van der Waals surface area contributed by atoms with Crippen molar-refractivity contribution in [3.05, 3.63) is 10.9 Å². The Morgan fingerprint density at radius 3 is 1.61 bits per heavy atom. The van der Waals surface area contributed by atoms with E-state index in [1.807, 2.05) is 0 Å². The van der Waals surface area contributed by atoms with Crippen LogP contribution in [0.25, 0.3) is 0 Å². The number of hydrogen-bond donors (Lipinski definition) is 0. The lowest BCUT2D eigenvalue weighted by molar-refractivity contribution is -0.929. The minimum atomic E-state index is -1.10. The van der Waals surface area contributed by atoms with E-state index in [9.17, 15) is 15.1 Å². The predicted octanol–water partition coefficient (Wildman–Crippen LogP) is 3.17. The van der Waals surface area contributed by atoms with Gasteiger partial charge < -0.3 is 24.1 Å². The van der Waals surface area contributed by atoms with Crippen LogP contribution in [0.15, 0.2) is 4.52 Å². The molecule has 164 valence electrons. The Morgan fingerprint density at radius 2 is 1.36 bits per heavy atom. The minimum Gasteiger partial charge on any atom is -0.593 e. The molecule has 0 unspecified atom stereocenters. The summed E-state index contributed by atoms with van der Waals surface area (Å²) < 4.78 is 9.38. The smallest absolute Gasteiger partial charge is 0.409 e. The number of hydrogen-bond acceptors (Lipinski definition) is 6. The third-order valence-corrected chi connectivity index (χ3v) is 4.91. The summed E-state index contributed by atoms with van der Waals surface area (Å²) in [5.41, 5.74) is -0.771. The van der Waals surface area contributed by atoms with Crippen molar-refractivity contribution < 1.29 is 28.5 Å². The molecule has 8 heteroatoms. The van der Waals surface area contributed by atoms with E-state index in [2.05, 4.69) is 42.2 Å². The molecule has 0 fully saturated rings.